The molecule has 0 aliphatic carbocycles. The maximum absolute atomic E-state index is 12.4. The molecule has 0 saturated carbocycles. The third-order valence-corrected chi connectivity index (χ3v) is 5.68. The molecule has 2 N–H and O–H groups in total. The highest BCUT2D eigenvalue weighted by atomic mass is 32.1. The minimum atomic E-state index is -4.12. The zero-order chi connectivity index (χ0) is 18.5. The lowest BCUT2D eigenvalue weighted by Gasteiger charge is -2.25. The van der Waals surface area contributed by atoms with Crippen LogP contribution in [0.3, 0.4) is 0 Å². The first-order chi connectivity index (χ1) is 11.7. The zero-order valence-corrected chi connectivity index (χ0v) is 15.8. The monoisotopic (exact) mass is 376 g/mol. The van der Waals surface area contributed by atoms with Crippen LogP contribution >= 0.6 is 11.3 Å². The first-order valence-electron chi connectivity index (χ1n) is 8.47. The Morgan fingerprint density at radius 3 is 2.72 bits per heavy atom. The largest absolute Gasteiger partial charge is 0.401 e. The summed E-state index contributed by atoms with van der Waals surface area (Å²) in [6, 6.07) is 4.16. The van der Waals surface area contributed by atoms with Crippen LogP contribution in [0.2, 0.25) is 0 Å². The summed E-state index contributed by atoms with van der Waals surface area (Å²) >= 11 is 1.73. The number of hydrogen-bond donors (Lipinski definition) is 2. The molecule has 2 heterocycles. The second kappa shape index (κ2) is 8.40. The predicted octanol–water partition coefficient (Wildman–Crippen LogP) is 3.07. The number of aliphatic imine (C=N–C) groups is 1. The number of hydrogen-bond acceptors (Lipinski definition) is 3. The van der Waals surface area contributed by atoms with Gasteiger partial charge in [-0.15, -0.1) is 11.3 Å². The summed E-state index contributed by atoms with van der Waals surface area (Å²) in [5, 5.41) is 8.64. The van der Waals surface area contributed by atoms with Gasteiger partial charge in [0.1, 0.15) is 0 Å². The number of nitrogens with one attached hydrogen (secondary N) is 2. The summed E-state index contributed by atoms with van der Waals surface area (Å²) in [5.74, 6) is 0.908. The van der Waals surface area contributed by atoms with Crippen LogP contribution in [0.5, 0.6) is 0 Å². The number of halogens is 3. The standard InChI is InChI=1S/C17H27F3N4S/c1-16(2,14-5-4-8-25-14)11-23-15(21-3)22-9-13-6-7-24(10-13)12-17(18,19)20/h4-5,8,13H,6-7,9-12H2,1-3H3,(H2,21,22,23). The van der Waals surface area contributed by atoms with E-state index < -0.39 is 12.7 Å². The summed E-state index contributed by atoms with van der Waals surface area (Å²) in [7, 11) is 1.71. The minimum Gasteiger partial charge on any atom is -0.356 e. The van der Waals surface area contributed by atoms with E-state index in [1.807, 2.05) is 6.07 Å². The molecule has 25 heavy (non-hydrogen) atoms. The maximum Gasteiger partial charge on any atom is 0.401 e. The van der Waals surface area contributed by atoms with Crippen LogP contribution in [0.1, 0.15) is 25.1 Å². The summed E-state index contributed by atoms with van der Waals surface area (Å²) in [4.78, 5) is 6.99. The topological polar surface area (TPSA) is 39.7 Å². The molecule has 1 aromatic heterocycles. The minimum absolute atomic E-state index is 0.0113. The fourth-order valence-electron chi connectivity index (χ4n) is 2.99. The third kappa shape index (κ3) is 6.51. The fraction of sp³-hybridized carbons (Fsp3) is 0.706. The SMILES string of the molecule is CN=C(NCC1CCN(CC(F)(F)F)C1)NCC(C)(C)c1cccs1. The first-order valence-corrected chi connectivity index (χ1v) is 9.35. The van der Waals surface area contributed by atoms with Gasteiger partial charge in [0, 0.05) is 37.0 Å². The highest BCUT2D eigenvalue weighted by Gasteiger charge is 2.34. The Kier molecular flexibility index (Phi) is 6.73. The summed E-state index contributed by atoms with van der Waals surface area (Å²) < 4.78 is 37.3. The molecule has 2 rings (SSSR count). The Bertz CT molecular complexity index is 555. The molecule has 1 saturated heterocycles. The van der Waals surface area contributed by atoms with E-state index in [9.17, 15) is 13.2 Å². The molecule has 0 aromatic carbocycles. The van der Waals surface area contributed by atoms with Crippen molar-refractivity contribution in [3.63, 3.8) is 0 Å². The fourth-order valence-corrected chi connectivity index (χ4v) is 3.85. The molecule has 1 atom stereocenters. The number of likely N-dealkylation sites (tertiary alicyclic amines) is 1. The molecule has 4 nitrogen and oxygen atoms in total. The van der Waals surface area contributed by atoms with E-state index in [0.717, 1.165) is 13.0 Å². The Hall–Kier alpha value is -1.28. The molecule has 1 aliphatic heterocycles. The van der Waals surface area contributed by atoms with E-state index in [2.05, 4.69) is 40.9 Å². The zero-order valence-electron chi connectivity index (χ0n) is 15.0. The summed E-state index contributed by atoms with van der Waals surface area (Å²) in [6.45, 7) is 5.88. The van der Waals surface area contributed by atoms with Crippen molar-refractivity contribution in [1.82, 2.24) is 15.5 Å². The Morgan fingerprint density at radius 1 is 1.36 bits per heavy atom. The molecule has 1 aromatic rings. The highest BCUT2D eigenvalue weighted by Crippen LogP contribution is 2.26. The number of alkyl halides is 3. The Morgan fingerprint density at radius 2 is 2.12 bits per heavy atom. The number of guanidine groups is 1. The Labute approximate surface area is 151 Å². The van der Waals surface area contributed by atoms with Gasteiger partial charge in [-0.05, 0) is 30.3 Å². The van der Waals surface area contributed by atoms with E-state index in [0.29, 0.717) is 25.6 Å². The second-order valence-corrected chi connectivity index (χ2v) is 8.12. The lowest BCUT2D eigenvalue weighted by atomic mass is 9.91. The van der Waals surface area contributed by atoms with Gasteiger partial charge < -0.3 is 10.6 Å². The van der Waals surface area contributed by atoms with Crippen molar-refractivity contribution in [1.29, 1.82) is 0 Å². The van der Waals surface area contributed by atoms with Crippen molar-refractivity contribution >= 4 is 17.3 Å². The van der Waals surface area contributed by atoms with Crippen LogP contribution in [0, 0.1) is 5.92 Å². The molecular weight excluding hydrogens is 349 g/mol. The lowest BCUT2D eigenvalue weighted by molar-refractivity contribution is -0.143. The lowest BCUT2D eigenvalue weighted by Crippen LogP contribution is -2.45. The van der Waals surface area contributed by atoms with Crippen molar-refractivity contribution in [3.8, 4) is 0 Å². The van der Waals surface area contributed by atoms with Crippen molar-refractivity contribution in [2.75, 3.05) is 39.8 Å². The summed E-state index contributed by atoms with van der Waals surface area (Å²) in [5.41, 5.74) is -0.0113. The first kappa shape index (κ1) is 20.0. The highest BCUT2D eigenvalue weighted by molar-refractivity contribution is 7.10. The van der Waals surface area contributed by atoms with Crippen molar-refractivity contribution in [2.24, 2.45) is 10.9 Å². The van der Waals surface area contributed by atoms with Gasteiger partial charge in [-0.1, -0.05) is 19.9 Å². The van der Waals surface area contributed by atoms with Crippen LogP contribution in [-0.2, 0) is 5.41 Å². The van der Waals surface area contributed by atoms with E-state index in [1.165, 1.54) is 9.78 Å². The van der Waals surface area contributed by atoms with Crippen molar-refractivity contribution in [2.45, 2.75) is 31.9 Å². The van der Waals surface area contributed by atoms with Crippen LogP contribution in [0.4, 0.5) is 13.2 Å². The van der Waals surface area contributed by atoms with Gasteiger partial charge in [0.15, 0.2) is 5.96 Å². The van der Waals surface area contributed by atoms with Crippen LogP contribution < -0.4 is 10.6 Å². The second-order valence-electron chi connectivity index (χ2n) is 7.17. The molecule has 142 valence electrons. The van der Waals surface area contributed by atoms with Gasteiger partial charge in [-0.3, -0.25) is 9.89 Å². The quantitative estimate of drug-likeness (QED) is 0.592. The van der Waals surface area contributed by atoms with E-state index in [4.69, 9.17) is 0 Å². The van der Waals surface area contributed by atoms with Crippen LogP contribution in [0.15, 0.2) is 22.5 Å². The number of nitrogens with zero attached hydrogens (tertiary/aromatic N) is 2. The van der Waals surface area contributed by atoms with Gasteiger partial charge in [-0.25, -0.2) is 0 Å². The van der Waals surface area contributed by atoms with Crippen LogP contribution in [0.25, 0.3) is 0 Å². The van der Waals surface area contributed by atoms with Crippen molar-refractivity contribution in [3.05, 3.63) is 22.4 Å². The van der Waals surface area contributed by atoms with Crippen molar-refractivity contribution < 1.29 is 13.2 Å². The van der Waals surface area contributed by atoms with E-state index in [-0.39, 0.29) is 11.3 Å². The number of thiophene rings is 1. The van der Waals surface area contributed by atoms with Crippen LogP contribution in [-0.4, -0.2) is 56.8 Å². The number of rotatable bonds is 6. The third-order valence-electron chi connectivity index (χ3n) is 4.44. The maximum atomic E-state index is 12.4. The molecular formula is C17H27F3N4S. The molecule has 1 unspecified atom stereocenters. The van der Waals surface area contributed by atoms with E-state index >= 15 is 0 Å². The summed E-state index contributed by atoms with van der Waals surface area (Å²) in [6.07, 6.45) is -3.34. The Balaban J connectivity index is 1.74. The molecule has 8 heteroatoms. The smallest absolute Gasteiger partial charge is 0.356 e. The average molecular weight is 376 g/mol. The average Bonchev–Trinajstić information content (AvgIpc) is 3.17. The van der Waals surface area contributed by atoms with Gasteiger partial charge in [-0.2, -0.15) is 13.2 Å². The molecule has 1 aliphatic rings. The molecule has 0 radical (unpaired) electrons. The van der Waals surface area contributed by atoms with Gasteiger partial charge in [0.25, 0.3) is 0 Å². The molecule has 0 spiro atoms. The molecule has 1 fully saturated rings. The van der Waals surface area contributed by atoms with Gasteiger partial charge in [0.2, 0.25) is 0 Å². The molecule has 0 amide bonds. The molecule has 0 bridgehead atoms. The van der Waals surface area contributed by atoms with E-state index in [1.54, 1.807) is 18.4 Å². The normalized spacial score (nSPS) is 20.1. The van der Waals surface area contributed by atoms with Gasteiger partial charge >= 0.3 is 6.18 Å². The van der Waals surface area contributed by atoms with Gasteiger partial charge in [0.05, 0.1) is 6.54 Å². The predicted molar refractivity (Wildman–Crippen MR) is 97.3 cm³/mol.